The second kappa shape index (κ2) is 7.46. The van der Waals surface area contributed by atoms with Crippen molar-refractivity contribution >= 4 is 52.1 Å². The molecular weight excluding hydrogens is 371 g/mol. The highest BCUT2D eigenvalue weighted by Gasteiger charge is 2.30. The summed E-state index contributed by atoms with van der Waals surface area (Å²) < 4.78 is 0. The highest BCUT2D eigenvalue weighted by atomic mass is 35.5. The van der Waals surface area contributed by atoms with Crippen LogP contribution in [0.15, 0.2) is 5.10 Å². The Labute approximate surface area is 155 Å². The molecule has 130 valence electrons. The van der Waals surface area contributed by atoms with Gasteiger partial charge in [-0.05, 0) is 37.5 Å². The maximum Gasteiger partial charge on any atom is 0.291 e. The van der Waals surface area contributed by atoms with Crippen molar-refractivity contribution in [2.75, 3.05) is 5.73 Å². The lowest BCUT2D eigenvalue weighted by atomic mass is 9.70. The standard InChI is InChI=1S/C16H19Cl3N4O/c17-11-13(20)12(18)15(19)21-14(11)16(24)23-22-10-6-5-8-3-1-2-4-9(8)7-10/h8-9H,1-7H2,(H2,20,21)(H,23,24)/t8-,9-/m1/s1. The molecule has 2 atom stereocenters. The van der Waals surface area contributed by atoms with E-state index in [4.69, 9.17) is 40.5 Å². The number of halogens is 3. The Morgan fingerprint density at radius 3 is 2.58 bits per heavy atom. The number of nitrogens with two attached hydrogens (primary N) is 1. The van der Waals surface area contributed by atoms with Gasteiger partial charge in [-0.3, -0.25) is 4.79 Å². The lowest BCUT2D eigenvalue weighted by molar-refractivity contribution is 0.0949. The highest BCUT2D eigenvalue weighted by Crippen LogP contribution is 2.39. The number of rotatable bonds is 2. The fraction of sp³-hybridized carbons (Fsp3) is 0.562. The van der Waals surface area contributed by atoms with E-state index in [0.717, 1.165) is 30.9 Å². The number of pyridine rings is 1. The average molecular weight is 390 g/mol. The van der Waals surface area contributed by atoms with Gasteiger partial charge in [-0.15, -0.1) is 0 Å². The van der Waals surface area contributed by atoms with Crippen LogP contribution in [0.4, 0.5) is 5.69 Å². The second-order valence-corrected chi connectivity index (χ2v) is 7.57. The Morgan fingerprint density at radius 1 is 1.12 bits per heavy atom. The first-order valence-corrected chi connectivity index (χ1v) is 9.26. The van der Waals surface area contributed by atoms with Crippen LogP contribution in [0.3, 0.4) is 0 Å². The molecule has 2 aliphatic rings. The van der Waals surface area contributed by atoms with E-state index < -0.39 is 5.91 Å². The number of amides is 1. The third-order valence-electron chi connectivity index (χ3n) is 4.97. The molecule has 1 amide bonds. The molecule has 1 aromatic heterocycles. The topological polar surface area (TPSA) is 80.4 Å². The number of carbonyl (C=O) groups excluding carboxylic acids is 1. The Balaban J connectivity index is 1.69. The van der Waals surface area contributed by atoms with Crippen LogP contribution in [0.2, 0.25) is 15.2 Å². The maximum absolute atomic E-state index is 12.3. The summed E-state index contributed by atoms with van der Waals surface area (Å²) in [5, 5.41) is 4.24. The third kappa shape index (κ3) is 3.63. The maximum atomic E-state index is 12.3. The van der Waals surface area contributed by atoms with Gasteiger partial charge in [0.1, 0.15) is 5.02 Å². The smallest absolute Gasteiger partial charge is 0.291 e. The number of anilines is 1. The molecular formula is C16H19Cl3N4O. The first kappa shape index (κ1) is 17.8. The number of hydrogen-bond donors (Lipinski definition) is 2. The van der Waals surface area contributed by atoms with Crippen molar-refractivity contribution in [2.24, 2.45) is 16.9 Å². The molecule has 1 heterocycles. The second-order valence-electron chi connectivity index (χ2n) is 6.46. The first-order chi connectivity index (χ1) is 11.5. The summed E-state index contributed by atoms with van der Waals surface area (Å²) in [4.78, 5) is 16.2. The van der Waals surface area contributed by atoms with Gasteiger partial charge in [-0.2, -0.15) is 5.10 Å². The van der Waals surface area contributed by atoms with Gasteiger partial charge in [0, 0.05) is 5.71 Å². The van der Waals surface area contributed by atoms with Gasteiger partial charge in [0.05, 0.1) is 10.7 Å². The minimum absolute atomic E-state index is 0.0157. The van der Waals surface area contributed by atoms with Crippen LogP contribution in [0, 0.1) is 11.8 Å². The number of hydrogen-bond acceptors (Lipinski definition) is 4. The van der Waals surface area contributed by atoms with Crippen LogP contribution in [-0.4, -0.2) is 16.6 Å². The molecule has 24 heavy (non-hydrogen) atoms. The molecule has 3 rings (SSSR count). The molecule has 0 bridgehead atoms. The van der Waals surface area contributed by atoms with Gasteiger partial charge < -0.3 is 5.73 Å². The summed E-state index contributed by atoms with van der Waals surface area (Å²) in [5.41, 5.74) is 9.25. The SMILES string of the molecule is Nc1c(Cl)c(Cl)nc(C(=O)NN=C2CC[C@H]3CCCC[C@@H]3C2)c1Cl. The monoisotopic (exact) mass is 388 g/mol. The van der Waals surface area contributed by atoms with Gasteiger partial charge in [0.2, 0.25) is 0 Å². The summed E-state index contributed by atoms with van der Waals surface area (Å²) in [6, 6.07) is 0. The summed E-state index contributed by atoms with van der Waals surface area (Å²) in [6.45, 7) is 0. The zero-order chi connectivity index (χ0) is 17.3. The molecule has 2 saturated carbocycles. The molecule has 0 aromatic carbocycles. The van der Waals surface area contributed by atoms with Crippen LogP contribution in [-0.2, 0) is 0 Å². The zero-order valence-corrected chi connectivity index (χ0v) is 15.4. The predicted octanol–water partition coefficient (Wildman–Crippen LogP) is 4.70. The number of hydrazone groups is 1. The number of aromatic nitrogens is 1. The average Bonchev–Trinajstić information content (AvgIpc) is 2.60. The van der Waals surface area contributed by atoms with Crippen molar-refractivity contribution in [3.63, 3.8) is 0 Å². The van der Waals surface area contributed by atoms with Gasteiger partial charge >= 0.3 is 0 Å². The van der Waals surface area contributed by atoms with Crippen molar-refractivity contribution in [3.05, 3.63) is 20.9 Å². The normalized spacial score (nSPS) is 25.4. The number of nitrogen functional groups attached to an aromatic ring is 1. The molecule has 2 aliphatic carbocycles. The van der Waals surface area contributed by atoms with Crippen molar-refractivity contribution < 1.29 is 4.79 Å². The number of nitrogens with one attached hydrogen (secondary N) is 1. The molecule has 5 nitrogen and oxygen atoms in total. The van der Waals surface area contributed by atoms with E-state index in [1.807, 2.05) is 0 Å². The van der Waals surface area contributed by atoms with E-state index in [0.29, 0.717) is 5.92 Å². The lowest BCUT2D eigenvalue weighted by Gasteiger charge is -2.35. The minimum atomic E-state index is -0.538. The van der Waals surface area contributed by atoms with E-state index >= 15 is 0 Å². The zero-order valence-electron chi connectivity index (χ0n) is 13.1. The van der Waals surface area contributed by atoms with Gasteiger partial charge in [0.25, 0.3) is 5.91 Å². The summed E-state index contributed by atoms with van der Waals surface area (Å²) in [7, 11) is 0. The highest BCUT2D eigenvalue weighted by molar-refractivity contribution is 6.46. The Bertz CT molecular complexity index is 692. The minimum Gasteiger partial charge on any atom is -0.396 e. The van der Waals surface area contributed by atoms with Gasteiger partial charge in [-0.1, -0.05) is 54.1 Å². The largest absolute Gasteiger partial charge is 0.396 e. The molecule has 0 saturated heterocycles. The van der Waals surface area contributed by atoms with Crippen molar-refractivity contribution in [2.45, 2.75) is 44.9 Å². The van der Waals surface area contributed by atoms with Crippen LogP contribution in [0.25, 0.3) is 0 Å². The van der Waals surface area contributed by atoms with Crippen LogP contribution in [0.5, 0.6) is 0 Å². The Morgan fingerprint density at radius 2 is 1.83 bits per heavy atom. The molecule has 2 fully saturated rings. The number of carbonyl (C=O) groups is 1. The third-order valence-corrected chi connectivity index (χ3v) is 6.11. The lowest BCUT2D eigenvalue weighted by Crippen LogP contribution is -2.30. The van der Waals surface area contributed by atoms with Gasteiger partial charge in [-0.25, -0.2) is 10.4 Å². The molecule has 0 spiro atoms. The summed E-state index contributed by atoms with van der Waals surface area (Å²) in [5.74, 6) is 0.980. The number of fused-ring (bicyclic) bond motifs is 1. The van der Waals surface area contributed by atoms with Crippen LogP contribution < -0.4 is 11.2 Å². The van der Waals surface area contributed by atoms with E-state index in [1.54, 1.807) is 0 Å². The Hall–Kier alpha value is -1.04. The molecule has 8 heteroatoms. The summed E-state index contributed by atoms with van der Waals surface area (Å²) in [6.07, 6.45) is 8.25. The quantitative estimate of drug-likeness (QED) is 0.568. The number of nitrogens with zero attached hydrogens (tertiary/aromatic N) is 2. The van der Waals surface area contributed by atoms with Crippen molar-refractivity contribution in [3.8, 4) is 0 Å². The molecule has 0 radical (unpaired) electrons. The predicted molar refractivity (Wildman–Crippen MR) is 97.9 cm³/mol. The fourth-order valence-electron chi connectivity index (χ4n) is 3.66. The van der Waals surface area contributed by atoms with Crippen LogP contribution in [0.1, 0.15) is 55.4 Å². The molecule has 0 aliphatic heterocycles. The van der Waals surface area contributed by atoms with E-state index in [1.165, 1.54) is 25.7 Å². The Kier molecular flexibility index (Phi) is 5.52. The molecule has 0 unspecified atom stereocenters. The fourth-order valence-corrected chi connectivity index (χ4v) is 4.25. The van der Waals surface area contributed by atoms with Crippen LogP contribution >= 0.6 is 34.8 Å². The van der Waals surface area contributed by atoms with E-state index in [9.17, 15) is 4.79 Å². The molecule has 1 aromatic rings. The van der Waals surface area contributed by atoms with Crippen molar-refractivity contribution in [1.29, 1.82) is 0 Å². The van der Waals surface area contributed by atoms with Crippen molar-refractivity contribution in [1.82, 2.24) is 10.4 Å². The first-order valence-electron chi connectivity index (χ1n) is 8.13. The summed E-state index contributed by atoms with van der Waals surface area (Å²) >= 11 is 17.8. The van der Waals surface area contributed by atoms with E-state index in [2.05, 4.69) is 15.5 Å². The molecule has 3 N–H and O–H groups in total. The van der Waals surface area contributed by atoms with E-state index in [-0.39, 0.29) is 26.6 Å². The van der Waals surface area contributed by atoms with Gasteiger partial charge in [0.15, 0.2) is 10.8 Å².